The second-order valence-corrected chi connectivity index (χ2v) is 8.22. The molecule has 1 saturated heterocycles. The van der Waals surface area contributed by atoms with Crippen molar-refractivity contribution in [1.29, 1.82) is 0 Å². The molecule has 26 heavy (non-hydrogen) atoms. The zero-order valence-electron chi connectivity index (χ0n) is 16.1. The summed E-state index contributed by atoms with van der Waals surface area (Å²) >= 11 is 0. The van der Waals surface area contributed by atoms with Gasteiger partial charge in [0, 0.05) is 24.9 Å². The number of carbonyl (C=O) groups excluding carboxylic acids is 2. The van der Waals surface area contributed by atoms with Crippen molar-refractivity contribution in [3.05, 3.63) is 35.9 Å². The highest BCUT2D eigenvalue weighted by Gasteiger charge is 2.33. The number of hydrogen-bond acceptors (Lipinski definition) is 2. The second-order valence-electron chi connectivity index (χ2n) is 8.22. The van der Waals surface area contributed by atoms with Crippen molar-refractivity contribution in [2.75, 3.05) is 13.1 Å². The van der Waals surface area contributed by atoms with E-state index in [2.05, 4.69) is 17.1 Å². The van der Waals surface area contributed by atoms with E-state index in [1.807, 2.05) is 37.3 Å². The standard InChI is InChI=1S/C22H32N2O2/c1-16-7-6-14-24(15-16)22(26)20-12-10-19(11-13-20)21(25)23-17(2)18-8-4-3-5-9-18/h3-5,8-9,16-17,19-20H,6-7,10-15H2,1-2H3,(H,23,25). The molecule has 142 valence electrons. The highest BCUT2D eigenvalue weighted by molar-refractivity contribution is 5.81. The number of carbonyl (C=O) groups is 2. The molecule has 0 spiro atoms. The summed E-state index contributed by atoms with van der Waals surface area (Å²) < 4.78 is 0. The first kappa shape index (κ1) is 18.9. The van der Waals surface area contributed by atoms with Gasteiger partial charge in [-0.1, -0.05) is 37.3 Å². The molecule has 1 aliphatic carbocycles. The summed E-state index contributed by atoms with van der Waals surface area (Å²) in [5, 5.41) is 3.14. The van der Waals surface area contributed by atoms with Gasteiger partial charge in [0.1, 0.15) is 0 Å². The Morgan fingerprint density at radius 3 is 2.35 bits per heavy atom. The van der Waals surface area contributed by atoms with Gasteiger partial charge in [-0.25, -0.2) is 0 Å². The van der Waals surface area contributed by atoms with Gasteiger partial charge < -0.3 is 10.2 Å². The van der Waals surface area contributed by atoms with Crippen LogP contribution in [0.3, 0.4) is 0 Å². The molecular formula is C22H32N2O2. The van der Waals surface area contributed by atoms with Crippen LogP contribution in [0.5, 0.6) is 0 Å². The van der Waals surface area contributed by atoms with Crippen LogP contribution in [-0.4, -0.2) is 29.8 Å². The molecule has 1 heterocycles. The van der Waals surface area contributed by atoms with Gasteiger partial charge in [-0.05, 0) is 56.9 Å². The highest BCUT2D eigenvalue weighted by atomic mass is 16.2. The maximum absolute atomic E-state index is 12.8. The molecule has 2 amide bonds. The van der Waals surface area contributed by atoms with Crippen molar-refractivity contribution in [3.8, 4) is 0 Å². The Bertz CT molecular complexity index is 608. The number of rotatable bonds is 4. The fraction of sp³-hybridized carbons (Fsp3) is 0.636. The molecule has 0 radical (unpaired) electrons. The number of piperidine rings is 1. The molecule has 1 N–H and O–H groups in total. The molecular weight excluding hydrogens is 324 g/mol. The Labute approximate surface area is 157 Å². The van der Waals surface area contributed by atoms with Crippen LogP contribution in [0.4, 0.5) is 0 Å². The average molecular weight is 357 g/mol. The molecule has 0 bridgehead atoms. The van der Waals surface area contributed by atoms with Crippen molar-refractivity contribution in [2.24, 2.45) is 17.8 Å². The molecule has 1 aromatic rings. The zero-order chi connectivity index (χ0) is 18.5. The van der Waals surface area contributed by atoms with Gasteiger partial charge in [0.25, 0.3) is 0 Å². The van der Waals surface area contributed by atoms with E-state index in [0.29, 0.717) is 11.8 Å². The fourth-order valence-corrected chi connectivity index (χ4v) is 4.41. The van der Waals surface area contributed by atoms with E-state index in [0.717, 1.165) is 50.8 Å². The van der Waals surface area contributed by atoms with E-state index < -0.39 is 0 Å². The fourth-order valence-electron chi connectivity index (χ4n) is 4.41. The van der Waals surface area contributed by atoms with E-state index in [9.17, 15) is 9.59 Å². The van der Waals surface area contributed by atoms with Crippen LogP contribution in [0.15, 0.2) is 30.3 Å². The summed E-state index contributed by atoms with van der Waals surface area (Å²) in [5.74, 6) is 1.25. The highest BCUT2D eigenvalue weighted by Crippen LogP contribution is 2.31. The summed E-state index contributed by atoms with van der Waals surface area (Å²) in [6, 6.07) is 10.1. The maximum atomic E-state index is 12.8. The van der Waals surface area contributed by atoms with Crippen molar-refractivity contribution in [1.82, 2.24) is 10.2 Å². The lowest BCUT2D eigenvalue weighted by atomic mass is 9.80. The van der Waals surface area contributed by atoms with Gasteiger partial charge >= 0.3 is 0 Å². The Hall–Kier alpha value is -1.84. The summed E-state index contributed by atoms with van der Waals surface area (Å²) in [7, 11) is 0. The minimum Gasteiger partial charge on any atom is -0.349 e. The SMILES string of the molecule is CC1CCCN(C(=O)C2CCC(C(=O)NC(C)c3ccccc3)CC2)C1. The predicted octanol–water partition coefficient (Wildman–Crippen LogP) is 3.93. The van der Waals surface area contributed by atoms with E-state index in [1.54, 1.807) is 0 Å². The quantitative estimate of drug-likeness (QED) is 0.889. The van der Waals surface area contributed by atoms with Gasteiger partial charge in [-0.15, -0.1) is 0 Å². The summed E-state index contributed by atoms with van der Waals surface area (Å²) in [5.41, 5.74) is 1.13. The summed E-state index contributed by atoms with van der Waals surface area (Å²) in [6.45, 7) is 6.08. The Morgan fingerprint density at radius 1 is 1.04 bits per heavy atom. The lowest BCUT2D eigenvalue weighted by Crippen LogP contribution is -2.44. The monoisotopic (exact) mass is 356 g/mol. The zero-order valence-corrected chi connectivity index (χ0v) is 16.1. The summed E-state index contributed by atoms with van der Waals surface area (Å²) in [6.07, 6.45) is 5.71. The molecule has 2 atom stereocenters. The minimum atomic E-state index is 0.0258. The van der Waals surface area contributed by atoms with Gasteiger partial charge in [0.2, 0.25) is 11.8 Å². The first-order chi connectivity index (χ1) is 12.5. The first-order valence-electron chi connectivity index (χ1n) is 10.2. The molecule has 1 aliphatic heterocycles. The van der Waals surface area contributed by atoms with Gasteiger partial charge in [-0.2, -0.15) is 0 Å². The van der Waals surface area contributed by atoms with Crippen LogP contribution in [0.2, 0.25) is 0 Å². The third kappa shape index (κ3) is 4.66. The number of amides is 2. The Kier molecular flexibility index (Phi) is 6.33. The van der Waals surface area contributed by atoms with Crippen LogP contribution in [0, 0.1) is 17.8 Å². The van der Waals surface area contributed by atoms with Crippen LogP contribution >= 0.6 is 0 Å². The maximum Gasteiger partial charge on any atom is 0.225 e. The molecule has 0 aromatic heterocycles. The van der Waals surface area contributed by atoms with E-state index in [4.69, 9.17) is 0 Å². The number of hydrogen-bond donors (Lipinski definition) is 1. The first-order valence-corrected chi connectivity index (χ1v) is 10.2. The molecule has 3 rings (SSSR count). The van der Waals surface area contributed by atoms with E-state index in [-0.39, 0.29) is 23.8 Å². The molecule has 4 heteroatoms. The smallest absolute Gasteiger partial charge is 0.225 e. The Morgan fingerprint density at radius 2 is 1.69 bits per heavy atom. The molecule has 2 unspecified atom stereocenters. The van der Waals surface area contributed by atoms with Crippen molar-refractivity contribution < 1.29 is 9.59 Å². The minimum absolute atomic E-state index is 0.0258. The number of nitrogens with one attached hydrogen (secondary N) is 1. The normalized spacial score (nSPS) is 27.6. The number of likely N-dealkylation sites (tertiary alicyclic amines) is 1. The molecule has 1 aromatic carbocycles. The largest absolute Gasteiger partial charge is 0.349 e. The van der Waals surface area contributed by atoms with Gasteiger partial charge in [-0.3, -0.25) is 9.59 Å². The molecule has 1 saturated carbocycles. The van der Waals surface area contributed by atoms with Crippen LogP contribution in [-0.2, 0) is 9.59 Å². The van der Waals surface area contributed by atoms with Crippen LogP contribution in [0.25, 0.3) is 0 Å². The van der Waals surface area contributed by atoms with E-state index in [1.165, 1.54) is 6.42 Å². The predicted molar refractivity (Wildman–Crippen MR) is 103 cm³/mol. The second kappa shape index (κ2) is 8.70. The third-order valence-corrected chi connectivity index (χ3v) is 6.07. The lowest BCUT2D eigenvalue weighted by Gasteiger charge is -2.36. The number of nitrogens with zero attached hydrogens (tertiary/aromatic N) is 1. The Balaban J connectivity index is 1.47. The number of benzene rings is 1. The van der Waals surface area contributed by atoms with Crippen LogP contribution < -0.4 is 5.32 Å². The van der Waals surface area contributed by atoms with Crippen molar-refractivity contribution in [2.45, 2.75) is 58.4 Å². The lowest BCUT2D eigenvalue weighted by molar-refractivity contribution is -0.140. The third-order valence-electron chi connectivity index (χ3n) is 6.07. The van der Waals surface area contributed by atoms with Gasteiger partial charge in [0.15, 0.2) is 0 Å². The van der Waals surface area contributed by atoms with Crippen LogP contribution in [0.1, 0.15) is 64.0 Å². The average Bonchev–Trinajstić information content (AvgIpc) is 2.68. The molecule has 2 fully saturated rings. The van der Waals surface area contributed by atoms with Gasteiger partial charge in [0.05, 0.1) is 6.04 Å². The molecule has 2 aliphatic rings. The van der Waals surface area contributed by atoms with Crippen molar-refractivity contribution >= 4 is 11.8 Å². The molecule has 4 nitrogen and oxygen atoms in total. The van der Waals surface area contributed by atoms with E-state index >= 15 is 0 Å². The topological polar surface area (TPSA) is 49.4 Å². The van der Waals surface area contributed by atoms with Crippen molar-refractivity contribution in [3.63, 3.8) is 0 Å². The summed E-state index contributed by atoms with van der Waals surface area (Å²) in [4.78, 5) is 27.4.